The maximum absolute atomic E-state index is 9.59. The van der Waals surface area contributed by atoms with Gasteiger partial charge in [-0.25, -0.2) is 0 Å². The molecule has 0 amide bonds. The molecule has 0 bridgehead atoms. The average molecular weight is 309 g/mol. The largest absolute Gasteiger partial charge is 2.00 e. The Hall–Kier alpha value is 0.431. The van der Waals surface area contributed by atoms with Gasteiger partial charge in [-0.2, -0.15) is 0 Å². The first kappa shape index (κ1) is 13.4. The second-order valence-corrected chi connectivity index (χ2v) is 2.56. The standard InChI is InChI=1S/2C3H5NO2.Ba/c2*5-3(6)2-1-4-2;/h2*2,4H,1H2,(H,5,6);/q;;+2/p-2. The Morgan fingerprint density at radius 3 is 1.23 bits per heavy atom. The first-order chi connectivity index (χ1) is 5.61. The molecular weight excluding hydrogens is 301 g/mol. The summed E-state index contributed by atoms with van der Waals surface area (Å²) in [4.78, 5) is 19.2. The van der Waals surface area contributed by atoms with Crippen LogP contribution in [-0.2, 0) is 9.59 Å². The van der Waals surface area contributed by atoms with Crippen molar-refractivity contribution in [1.29, 1.82) is 0 Å². The van der Waals surface area contributed by atoms with Crippen molar-refractivity contribution >= 4 is 60.8 Å². The Labute approximate surface area is 115 Å². The van der Waals surface area contributed by atoms with Crippen LogP contribution in [0.4, 0.5) is 0 Å². The fourth-order valence-corrected chi connectivity index (χ4v) is 0.451. The smallest absolute Gasteiger partial charge is 0.548 e. The number of carboxylic acid groups (broad SMARTS) is 2. The Morgan fingerprint density at radius 1 is 1.00 bits per heavy atom. The van der Waals surface area contributed by atoms with Gasteiger partial charge in [0, 0.05) is 13.1 Å². The molecule has 0 radical (unpaired) electrons. The Balaban J connectivity index is 0.000000206. The van der Waals surface area contributed by atoms with Crippen LogP contribution < -0.4 is 20.8 Å². The molecule has 2 rings (SSSR count). The zero-order chi connectivity index (χ0) is 9.14. The molecule has 0 aromatic carbocycles. The monoisotopic (exact) mass is 310 g/mol. The normalized spacial score (nSPS) is 27.4. The van der Waals surface area contributed by atoms with Crippen LogP contribution in [0.2, 0.25) is 0 Å². The van der Waals surface area contributed by atoms with Crippen molar-refractivity contribution in [3.8, 4) is 0 Å². The number of hydrogen-bond acceptors (Lipinski definition) is 6. The molecule has 2 fully saturated rings. The van der Waals surface area contributed by atoms with Gasteiger partial charge >= 0.3 is 48.9 Å². The quantitative estimate of drug-likeness (QED) is 0.389. The summed E-state index contributed by atoms with van der Waals surface area (Å²) in [6.07, 6.45) is 0. The van der Waals surface area contributed by atoms with Crippen molar-refractivity contribution < 1.29 is 19.8 Å². The molecule has 2 unspecified atom stereocenters. The number of carboxylic acids is 2. The molecule has 2 saturated heterocycles. The van der Waals surface area contributed by atoms with Gasteiger partial charge in [-0.05, 0) is 0 Å². The van der Waals surface area contributed by atoms with Crippen molar-refractivity contribution in [1.82, 2.24) is 10.6 Å². The topological polar surface area (TPSA) is 124 Å². The van der Waals surface area contributed by atoms with Crippen LogP contribution in [0.5, 0.6) is 0 Å². The maximum atomic E-state index is 9.59. The molecule has 68 valence electrons. The molecule has 2 aliphatic heterocycles. The predicted octanol–water partition coefficient (Wildman–Crippen LogP) is -4.96. The van der Waals surface area contributed by atoms with E-state index in [0.29, 0.717) is 13.1 Å². The number of carbonyl (C=O) groups is 2. The number of aliphatic carboxylic acids is 2. The van der Waals surface area contributed by atoms with Gasteiger partial charge in [-0.3, -0.25) is 0 Å². The molecule has 0 aromatic rings. The minimum atomic E-state index is -0.991. The fraction of sp³-hybridized carbons (Fsp3) is 0.667. The van der Waals surface area contributed by atoms with E-state index in [1.807, 2.05) is 0 Å². The second kappa shape index (κ2) is 6.02. The van der Waals surface area contributed by atoms with Crippen molar-refractivity contribution in [2.75, 3.05) is 13.1 Å². The molecule has 13 heavy (non-hydrogen) atoms. The summed E-state index contributed by atoms with van der Waals surface area (Å²) in [6.45, 7) is 1.17. The van der Waals surface area contributed by atoms with E-state index in [4.69, 9.17) is 0 Å². The molecule has 0 spiro atoms. The summed E-state index contributed by atoms with van der Waals surface area (Å²) in [5, 5.41) is 24.3. The molecular formula is C6H8BaN2O4. The van der Waals surface area contributed by atoms with E-state index in [9.17, 15) is 19.8 Å². The summed E-state index contributed by atoms with van der Waals surface area (Å²) < 4.78 is 0. The van der Waals surface area contributed by atoms with Gasteiger partial charge in [-0.1, -0.05) is 0 Å². The third-order valence-electron chi connectivity index (χ3n) is 1.39. The van der Waals surface area contributed by atoms with Crippen LogP contribution in [0, 0.1) is 0 Å². The third-order valence-corrected chi connectivity index (χ3v) is 1.39. The Kier molecular flexibility index (Phi) is 6.22. The van der Waals surface area contributed by atoms with Crippen LogP contribution in [-0.4, -0.2) is 86.0 Å². The molecule has 2 N–H and O–H groups in total. The van der Waals surface area contributed by atoms with Gasteiger partial charge in [0.05, 0.1) is 24.0 Å². The first-order valence-electron chi connectivity index (χ1n) is 3.49. The van der Waals surface area contributed by atoms with E-state index >= 15 is 0 Å². The van der Waals surface area contributed by atoms with Gasteiger partial charge in [-0.15, -0.1) is 0 Å². The van der Waals surface area contributed by atoms with E-state index in [1.165, 1.54) is 0 Å². The summed E-state index contributed by atoms with van der Waals surface area (Å²) in [7, 11) is 0. The summed E-state index contributed by atoms with van der Waals surface area (Å²) in [6, 6.07) is -0.685. The molecule has 0 saturated carbocycles. The van der Waals surface area contributed by atoms with Crippen molar-refractivity contribution in [2.45, 2.75) is 12.1 Å². The molecule has 0 aliphatic carbocycles. The fourth-order valence-electron chi connectivity index (χ4n) is 0.451. The van der Waals surface area contributed by atoms with Gasteiger partial charge in [0.1, 0.15) is 0 Å². The second-order valence-electron chi connectivity index (χ2n) is 2.56. The summed E-state index contributed by atoms with van der Waals surface area (Å²) in [5.41, 5.74) is 0. The van der Waals surface area contributed by atoms with Crippen LogP contribution in [0.3, 0.4) is 0 Å². The number of rotatable bonds is 2. The van der Waals surface area contributed by atoms with E-state index in [2.05, 4.69) is 10.6 Å². The van der Waals surface area contributed by atoms with Crippen LogP contribution in [0.15, 0.2) is 0 Å². The number of nitrogens with one attached hydrogen (secondary N) is 2. The van der Waals surface area contributed by atoms with Crippen LogP contribution >= 0.6 is 0 Å². The van der Waals surface area contributed by atoms with Gasteiger partial charge < -0.3 is 30.4 Å². The van der Waals surface area contributed by atoms with Crippen LogP contribution in [0.25, 0.3) is 0 Å². The van der Waals surface area contributed by atoms with Gasteiger partial charge in [0.15, 0.2) is 0 Å². The Bertz CT molecular complexity index is 181. The molecule has 2 heterocycles. The first-order valence-corrected chi connectivity index (χ1v) is 3.49. The van der Waals surface area contributed by atoms with E-state index in [1.54, 1.807) is 0 Å². The minimum absolute atomic E-state index is 0. The van der Waals surface area contributed by atoms with E-state index < -0.39 is 11.9 Å². The Morgan fingerprint density at radius 2 is 1.23 bits per heavy atom. The number of hydrogen-bond donors (Lipinski definition) is 2. The third kappa shape index (κ3) is 6.50. The van der Waals surface area contributed by atoms with E-state index in [-0.39, 0.29) is 61.0 Å². The SMILES string of the molecule is O=C([O-])C1CN1.O=C([O-])C1CN1.[Ba+2]. The molecule has 2 aliphatic rings. The summed E-state index contributed by atoms with van der Waals surface area (Å²) >= 11 is 0. The van der Waals surface area contributed by atoms with E-state index in [0.717, 1.165) is 0 Å². The van der Waals surface area contributed by atoms with Crippen molar-refractivity contribution in [3.05, 3.63) is 0 Å². The number of carbonyl (C=O) groups excluding carboxylic acids is 2. The van der Waals surface area contributed by atoms with Crippen molar-refractivity contribution in [2.24, 2.45) is 0 Å². The summed E-state index contributed by atoms with van der Waals surface area (Å²) in [5.74, 6) is -1.98. The molecule has 0 aromatic heterocycles. The average Bonchev–Trinajstić information content (AvgIpc) is 2.85. The molecule has 7 heteroatoms. The van der Waals surface area contributed by atoms with Gasteiger partial charge in [0.25, 0.3) is 0 Å². The van der Waals surface area contributed by atoms with Crippen molar-refractivity contribution in [3.63, 3.8) is 0 Å². The zero-order valence-electron chi connectivity index (χ0n) is 6.91. The predicted molar refractivity (Wildman–Crippen MR) is 39.3 cm³/mol. The van der Waals surface area contributed by atoms with Gasteiger partial charge in [0.2, 0.25) is 0 Å². The van der Waals surface area contributed by atoms with Crippen LogP contribution in [0.1, 0.15) is 0 Å². The minimum Gasteiger partial charge on any atom is -0.548 e. The zero-order valence-corrected chi connectivity index (χ0v) is 11.3. The maximum Gasteiger partial charge on any atom is 2.00 e. The molecule has 6 nitrogen and oxygen atoms in total. The molecule has 2 atom stereocenters.